The number of ketones is 1. The molecule has 0 amide bonds. The van der Waals surface area contributed by atoms with Gasteiger partial charge in [-0.2, -0.15) is 0 Å². The number of phenolic OH excluding ortho intramolecular Hbond substituents is 1. The molecule has 0 saturated heterocycles. The summed E-state index contributed by atoms with van der Waals surface area (Å²) < 4.78 is 5.20. The number of Topliss-reactive ketones (excluding diaryl/α,β-unsaturated/α-hetero) is 1. The van der Waals surface area contributed by atoms with Crippen molar-refractivity contribution in [1.82, 2.24) is 0 Å². The van der Waals surface area contributed by atoms with Crippen molar-refractivity contribution in [3.63, 3.8) is 0 Å². The van der Waals surface area contributed by atoms with Crippen LogP contribution in [0.25, 0.3) is 22.1 Å². The summed E-state index contributed by atoms with van der Waals surface area (Å²) >= 11 is 0. The summed E-state index contributed by atoms with van der Waals surface area (Å²) in [7, 11) is 0. The molecule has 0 atom stereocenters. The van der Waals surface area contributed by atoms with Crippen LogP contribution in [0.1, 0.15) is 22.8 Å². The minimum atomic E-state index is -0.557. The van der Waals surface area contributed by atoms with E-state index in [-0.39, 0.29) is 22.7 Å². The minimum Gasteiger partial charge on any atom is -0.507 e. The quantitative estimate of drug-likeness (QED) is 0.578. The zero-order valence-electron chi connectivity index (χ0n) is 12.2. The second kappa shape index (κ2) is 5.15. The average Bonchev–Trinajstić information content (AvgIpc) is 2.46. The van der Waals surface area contributed by atoms with Gasteiger partial charge in [0.1, 0.15) is 11.3 Å². The Hall–Kier alpha value is -2.88. The molecule has 1 aromatic heterocycles. The largest absolute Gasteiger partial charge is 0.507 e. The summed E-state index contributed by atoms with van der Waals surface area (Å²) in [4.78, 5) is 23.7. The molecule has 3 aromatic rings. The number of carbonyl (C=O) groups excluding carboxylic acids is 1. The predicted molar refractivity (Wildman–Crippen MR) is 84.3 cm³/mol. The summed E-state index contributed by atoms with van der Waals surface area (Å²) in [6.45, 7) is 3.27. The van der Waals surface area contributed by atoms with E-state index in [0.717, 1.165) is 11.1 Å². The van der Waals surface area contributed by atoms with Crippen molar-refractivity contribution in [2.75, 3.05) is 0 Å². The lowest BCUT2D eigenvalue weighted by molar-refractivity contribution is 0.101. The van der Waals surface area contributed by atoms with Crippen molar-refractivity contribution in [2.45, 2.75) is 13.8 Å². The maximum atomic E-state index is 11.9. The van der Waals surface area contributed by atoms with Crippen LogP contribution in [0.15, 0.2) is 51.7 Å². The maximum Gasteiger partial charge on any atom is 0.336 e. The number of aryl methyl sites for hydroxylation is 1. The Morgan fingerprint density at radius 1 is 1.09 bits per heavy atom. The normalized spacial score (nSPS) is 10.8. The third kappa shape index (κ3) is 2.19. The molecule has 1 N–H and O–H groups in total. The zero-order chi connectivity index (χ0) is 15.9. The number of fused-ring (bicyclic) bond motifs is 1. The molecule has 0 saturated carbocycles. The molecule has 0 aliphatic carbocycles. The van der Waals surface area contributed by atoms with Crippen molar-refractivity contribution in [2.24, 2.45) is 0 Å². The second-order valence-electron chi connectivity index (χ2n) is 5.19. The van der Waals surface area contributed by atoms with E-state index < -0.39 is 5.63 Å². The smallest absolute Gasteiger partial charge is 0.336 e. The number of benzene rings is 2. The molecule has 1 heterocycles. The summed E-state index contributed by atoms with van der Waals surface area (Å²) in [5.41, 5.74) is 2.18. The van der Waals surface area contributed by atoms with E-state index in [0.29, 0.717) is 10.9 Å². The van der Waals surface area contributed by atoms with Gasteiger partial charge in [0.05, 0.1) is 0 Å². The number of hydrogen-bond acceptors (Lipinski definition) is 4. The third-order valence-electron chi connectivity index (χ3n) is 3.68. The summed E-state index contributed by atoms with van der Waals surface area (Å²) in [5.74, 6) is -0.543. The minimum absolute atomic E-state index is 0.0324. The summed E-state index contributed by atoms with van der Waals surface area (Å²) in [6, 6.07) is 12.2. The van der Waals surface area contributed by atoms with Gasteiger partial charge in [0.25, 0.3) is 0 Å². The van der Waals surface area contributed by atoms with Gasteiger partial charge < -0.3 is 9.52 Å². The molecule has 0 unspecified atom stereocenters. The third-order valence-corrected chi connectivity index (χ3v) is 3.68. The molecule has 0 spiro atoms. The fourth-order valence-corrected chi connectivity index (χ4v) is 2.65. The zero-order valence-corrected chi connectivity index (χ0v) is 12.2. The van der Waals surface area contributed by atoms with Gasteiger partial charge in [-0.3, -0.25) is 4.79 Å². The van der Waals surface area contributed by atoms with Crippen molar-refractivity contribution in [3.8, 4) is 16.9 Å². The number of aromatic hydroxyl groups is 1. The van der Waals surface area contributed by atoms with E-state index in [1.165, 1.54) is 19.1 Å². The maximum absolute atomic E-state index is 11.9. The van der Waals surface area contributed by atoms with E-state index in [1.54, 1.807) is 6.07 Å². The molecule has 0 bridgehead atoms. The Balaban J connectivity index is 2.48. The molecular weight excluding hydrogens is 280 g/mol. The molecular formula is C18H14O4. The predicted octanol–water partition coefficient (Wildman–Crippen LogP) is 3.68. The van der Waals surface area contributed by atoms with E-state index in [4.69, 9.17) is 4.42 Å². The number of rotatable bonds is 2. The van der Waals surface area contributed by atoms with Crippen LogP contribution in [0, 0.1) is 6.92 Å². The monoisotopic (exact) mass is 294 g/mol. The van der Waals surface area contributed by atoms with Gasteiger partial charge in [0.15, 0.2) is 11.4 Å². The first kappa shape index (κ1) is 14.1. The van der Waals surface area contributed by atoms with Crippen LogP contribution in [0.4, 0.5) is 0 Å². The Morgan fingerprint density at radius 3 is 2.50 bits per heavy atom. The molecule has 0 radical (unpaired) electrons. The van der Waals surface area contributed by atoms with Crippen molar-refractivity contribution in [3.05, 3.63) is 64.0 Å². The first-order valence-electron chi connectivity index (χ1n) is 6.86. The standard InChI is InChI=1S/C18H14O4/c1-10-5-3-4-6-12(10)14-9-16(21)22-18-13(14)7-8-15(20)17(18)11(2)19/h3-9,20H,1-2H3. The van der Waals surface area contributed by atoms with Crippen molar-refractivity contribution >= 4 is 16.8 Å². The van der Waals surface area contributed by atoms with Crippen molar-refractivity contribution < 1.29 is 14.3 Å². The summed E-state index contributed by atoms with van der Waals surface area (Å²) in [5, 5.41) is 10.5. The van der Waals surface area contributed by atoms with Gasteiger partial charge in [0, 0.05) is 17.0 Å². The molecule has 22 heavy (non-hydrogen) atoms. The lowest BCUT2D eigenvalue weighted by Gasteiger charge is -2.11. The van der Waals surface area contributed by atoms with Crippen LogP contribution in [0.2, 0.25) is 0 Å². The number of hydrogen-bond donors (Lipinski definition) is 1. The first-order valence-corrected chi connectivity index (χ1v) is 6.86. The molecule has 2 aromatic carbocycles. The van der Waals surface area contributed by atoms with Crippen LogP contribution in [-0.4, -0.2) is 10.9 Å². The van der Waals surface area contributed by atoms with Gasteiger partial charge in [-0.1, -0.05) is 24.3 Å². The highest BCUT2D eigenvalue weighted by Crippen LogP contribution is 2.34. The number of phenols is 1. The number of carbonyl (C=O) groups is 1. The molecule has 4 nitrogen and oxygen atoms in total. The van der Waals surface area contributed by atoms with Gasteiger partial charge in [-0.15, -0.1) is 0 Å². The van der Waals surface area contributed by atoms with Crippen LogP contribution < -0.4 is 5.63 Å². The van der Waals surface area contributed by atoms with Gasteiger partial charge in [-0.05, 0) is 37.1 Å². The fraction of sp³-hybridized carbons (Fsp3) is 0.111. The Morgan fingerprint density at radius 2 is 1.82 bits per heavy atom. The molecule has 3 rings (SSSR count). The fourth-order valence-electron chi connectivity index (χ4n) is 2.65. The van der Waals surface area contributed by atoms with Crippen LogP contribution in [-0.2, 0) is 0 Å². The van der Waals surface area contributed by atoms with E-state index in [2.05, 4.69) is 0 Å². The van der Waals surface area contributed by atoms with Crippen LogP contribution in [0.3, 0.4) is 0 Å². The second-order valence-corrected chi connectivity index (χ2v) is 5.19. The van der Waals surface area contributed by atoms with Gasteiger partial charge in [0.2, 0.25) is 0 Å². The van der Waals surface area contributed by atoms with E-state index >= 15 is 0 Å². The first-order chi connectivity index (χ1) is 10.5. The van der Waals surface area contributed by atoms with Gasteiger partial charge in [-0.25, -0.2) is 4.79 Å². The molecule has 110 valence electrons. The highest BCUT2D eigenvalue weighted by molar-refractivity contribution is 6.10. The SMILES string of the molecule is CC(=O)c1c(O)ccc2c(-c3ccccc3C)cc(=O)oc12. The Bertz CT molecular complexity index is 951. The lowest BCUT2D eigenvalue weighted by Crippen LogP contribution is -2.03. The Labute approximate surface area is 126 Å². The highest BCUT2D eigenvalue weighted by atomic mass is 16.4. The highest BCUT2D eigenvalue weighted by Gasteiger charge is 2.18. The van der Waals surface area contributed by atoms with Gasteiger partial charge >= 0.3 is 5.63 Å². The topological polar surface area (TPSA) is 67.5 Å². The van der Waals surface area contributed by atoms with Crippen LogP contribution in [0.5, 0.6) is 5.75 Å². The molecule has 0 fully saturated rings. The Kier molecular flexibility index (Phi) is 3.29. The van der Waals surface area contributed by atoms with Crippen LogP contribution >= 0.6 is 0 Å². The van der Waals surface area contributed by atoms with E-state index in [9.17, 15) is 14.7 Å². The molecule has 0 aliphatic rings. The van der Waals surface area contributed by atoms with E-state index in [1.807, 2.05) is 31.2 Å². The average molecular weight is 294 g/mol. The van der Waals surface area contributed by atoms with Crippen molar-refractivity contribution in [1.29, 1.82) is 0 Å². The molecule has 0 aliphatic heterocycles. The summed E-state index contributed by atoms with van der Waals surface area (Å²) in [6.07, 6.45) is 0. The lowest BCUT2D eigenvalue weighted by atomic mass is 9.96. The molecule has 4 heteroatoms.